The van der Waals surface area contributed by atoms with Crippen molar-refractivity contribution in [3.05, 3.63) is 66.0 Å². The Kier molecular flexibility index (Phi) is 5.63. The average molecular weight is 461 g/mol. The van der Waals surface area contributed by atoms with Gasteiger partial charge in [-0.3, -0.25) is 0 Å². The standard InChI is InChI=1S/C27H32N4O3/c1-5-31-23-17-19(2)8-11-22(23)30-14-6-7-25(30)27(31)12-15-29(16-13-27)26(32)28-21-10-9-20(33-3)18-24(21)34-4/h6-11,14,17-18H,5,12-13,15-16H2,1-4H3,(H,28,32). The molecular formula is C27H32N4O3. The number of benzene rings is 2. The summed E-state index contributed by atoms with van der Waals surface area (Å²) < 4.78 is 13.0. The second kappa shape index (κ2) is 8.63. The van der Waals surface area contributed by atoms with E-state index in [4.69, 9.17) is 9.47 Å². The van der Waals surface area contributed by atoms with Gasteiger partial charge in [0, 0.05) is 37.6 Å². The van der Waals surface area contributed by atoms with Crippen LogP contribution in [0.1, 0.15) is 31.0 Å². The fraction of sp³-hybridized carbons (Fsp3) is 0.370. The summed E-state index contributed by atoms with van der Waals surface area (Å²) in [5.74, 6) is 1.26. The van der Waals surface area contributed by atoms with Crippen LogP contribution in [-0.4, -0.2) is 49.4 Å². The average Bonchev–Trinajstić information content (AvgIpc) is 3.36. The quantitative estimate of drug-likeness (QED) is 0.584. The van der Waals surface area contributed by atoms with E-state index in [9.17, 15) is 4.79 Å². The van der Waals surface area contributed by atoms with Crippen LogP contribution in [0.25, 0.3) is 5.69 Å². The van der Waals surface area contributed by atoms with Gasteiger partial charge in [-0.05, 0) is 68.7 Å². The molecule has 1 N–H and O–H groups in total. The summed E-state index contributed by atoms with van der Waals surface area (Å²) in [7, 11) is 3.20. The largest absolute Gasteiger partial charge is 0.497 e. The summed E-state index contributed by atoms with van der Waals surface area (Å²) in [4.78, 5) is 17.6. The minimum absolute atomic E-state index is 0.108. The highest BCUT2D eigenvalue weighted by Gasteiger charge is 2.47. The number of fused-ring (bicyclic) bond motifs is 4. The van der Waals surface area contributed by atoms with Gasteiger partial charge in [0.1, 0.15) is 11.5 Å². The number of nitrogens with zero attached hydrogens (tertiary/aromatic N) is 3. The molecule has 3 heterocycles. The van der Waals surface area contributed by atoms with Crippen molar-refractivity contribution in [1.29, 1.82) is 0 Å². The first-order valence-corrected chi connectivity index (χ1v) is 11.8. The molecule has 1 spiro atoms. The molecule has 7 nitrogen and oxygen atoms in total. The predicted molar refractivity (Wildman–Crippen MR) is 135 cm³/mol. The molecule has 0 unspecified atom stereocenters. The summed E-state index contributed by atoms with van der Waals surface area (Å²) >= 11 is 0. The van der Waals surface area contributed by atoms with Crippen LogP contribution >= 0.6 is 0 Å². The van der Waals surface area contributed by atoms with Crippen molar-refractivity contribution in [3.8, 4) is 17.2 Å². The fourth-order valence-electron chi connectivity index (χ4n) is 5.57. The van der Waals surface area contributed by atoms with Gasteiger partial charge >= 0.3 is 6.03 Å². The lowest BCUT2D eigenvalue weighted by molar-refractivity contribution is 0.160. The summed E-state index contributed by atoms with van der Waals surface area (Å²) in [5, 5.41) is 3.02. The number of piperidine rings is 1. The van der Waals surface area contributed by atoms with Crippen LogP contribution in [-0.2, 0) is 5.54 Å². The molecule has 0 aliphatic carbocycles. The molecule has 2 aliphatic rings. The van der Waals surface area contributed by atoms with E-state index in [1.165, 1.54) is 22.6 Å². The number of aromatic nitrogens is 1. The number of anilines is 2. The molecule has 0 radical (unpaired) electrons. The molecular weight excluding hydrogens is 428 g/mol. The molecule has 1 aromatic heterocycles. The summed E-state index contributed by atoms with van der Waals surface area (Å²) in [5.41, 5.74) is 5.57. The Morgan fingerprint density at radius 3 is 2.53 bits per heavy atom. The van der Waals surface area contributed by atoms with Gasteiger partial charge in [-0.2, -0.15) is 0 Å². The Bertz CT molecular complexity index is 1210. The van der Waals surface area contributed by atoms with E-state index in [2.05, 4.69) is 65.2 Å². The number of aryl methyl sites for hydroxylation is 1. The zero-order valence-electron chi connectivity index (χ0n) is 20.3. The molecule has 0 bridgehead atoms. The third-order valence-corrected chi connectivity index (χ3v) is 7.27. The normalized spacial score (nSPS) is 16.1. The number of ether oxygens (including phenoxy) is 2. The second-order valence-electron chi connectivity index (χ2n) is 9.01. The lowest BCUT2D eigenvalue weighted by Gasteiger charge is -2.53. The van der Waals surface area contributed by atoms with E-state index < -0.39 is 0 Å². The SMILES string of the molecule is CCN1c2cc(C)ccc2-n2cccc2C12CCN(C(=O)Nc1ccc(OC)cc1OC)CC2. The Morgan fingerprint density at radius 1 is 1.03 bits per heavy atom. The van der Waals surface area contributed by atoms with Crippen molar-refractivity contribution < 1.29 is 14.3 Å². The van der Waals surface area contributed by atoms with Gasteiger partial charge in [-0.15, -0.1) is 0 Å². The first-order valence-electron chi connectivity index (χ1n) is 11.8. The maximum absolute atomic E-state index is 13.2. The topological polar surface area (TPSA) is 59.0 Å². The number of hydrogen-bond donors (Lipinski definition) is 1. The zero-order valence-corrected chi connectivity index (χ0v) is 20.3. The molecule has 2 amide bonds. The fourth-order valence-corrected chi connectivity index (χ4v) is 5.57. The lowest BCUT2D eigenvalue weighted by Crippen LogP contribution is -2.57. The van der Waals surface area contributed by atoms with Crippen LogP contribution in [0.15, 0.2) is 54.7 Å². The van der Waals surface area contributed by atoms with E-state index in [0.29, 0.717) is 30.3 Å². The third kappa shape index (κ3) is 3.47. The number of likely N-dealkylation sites (tertiary alicyclic amines) is 1. The van der Waals surface area contributed by atoms with Gasteiger partial charge in [0.05, 0.1) is 36.8 Å². The summed E-state index contributed by atoms with van der Waals surface area (Å²) in [6, 6.07) is 16.4. The highest BCUT2D eigenvalue weighted by Crippen LogP contribution is 2.48. The Balaban J connectivity index is 1.39. The molecule has 0 saturated carbocycles. The van der Waals surface area contributed by atoms with Gasteiger partial charge in [-0.1, -0.05) is 6.07 Å². The van der Waals surface area contributed by atoms with Gasteiger partial charge in [-0.25, -0.2) is 4.79 Å². The Labute approximate surface area is 200 Å². The van der Waals surface area contributed by atoms with Crippen molar-refractivity contribution in [2.75, 3.05) is 44.1 Å². The van der Waals surface area contributed by atoms with Crippen LogP contribution in [0.2, 0.25) is 0 Å². The Hall–Kier alpha value is -3.61. The molecule has 34 heavy (non-hydrogen) atoms. The monoisotopic (exact) mass is 460 g/mol. The van der Waals surface area contributed by atoms with Crippen molar-refractivity contribution in [2.45, 2.75) is 32.2 Å². The van der Waals surface area contributed by atoms with E-state index >= 15 is 0 Å². The van der Waals surface area contributed by atoms with Gasteiger partial charge < -0.3 is 29.2 Å². The van der Waals surface area contributed by atoms with E-state index in [-0.39, 0.29) is 11.6 Å². The minimum atomic E-state index is -0.131. The lowest BCUT2D eigenvalue weighted by atomic mass is 9.80. The number of methoxy groups -OCH3 is 2. The smallest absolute Gasteiger partial charge is 0.321 e. The van der Waals surface area contributed by atoms with Crippen LogP contribution in [0.5, 0.6) is 11.5 Å². The molecule has 0 atom stereocenters. The number of carbonyl (C=O) groups excluding carboxylic acids is 1. The molecule has 7 heteroatoms. The van der Waals surface area contributed by atoms with Crippen LogP contribution in [0.4, 0.5) is 16.2 Å². The number of urea groups is 1. The molecule has 1 fully saturated rings. The van der Waals surface area contributed by atoms with Crippen LogP contribution in [0.3, 0.4) is 0 Å². The van der Waals surface area contributed by atoms with Crippen LogP contribution < -0.4 is 19.7 Å². The van der Waals surface area contributed by atoms with E-state index in [1.54, 1.807) is 20.3 Å². The first-order chi connectivity index (χ1) is 16.5. The van der Waals surface area contributed by atoms with Crippen LogP contribution in [0, 0.1) is 6.92 Å². The predicted octanol–water partition coefficient (Wildman–Crippen LogP) is 5.17. The molecule has 5 rings (SSSR count). The molecule has 178 valence electrons. The zero-order chi connectivity index (χ0) is 23.9. The van der Waals surface area contributed by atoms with Crippen molar-refractivity contribution in [2.24, 2.45) is 0 Å². The van der Waals surface area contributed by atoms with Crippen molar-refractivity contribution >= 4 is 17.4 Å². The van der Waals surface area contributed by atoms with Gasteiger partial charge in [0.2, 0.25) is 0 Å². The van der Waals surface area contributed by atoms with Gasteiger partial charge in [0.15, 0.2) is 0 Å². The maximum Gasteiger partial charge on any atom is 0.321 e. The summed E-state index contributed by atoms with van der Waals surface area (Å²) in [6.07, 6.45) is 3.89. The van der Waals surface area contributed by atoms with E-state index in [1.807, 2.05) is 17.0 Å². The molecule has 3 aromatic rings. The molecule has 1 saturated heterocycles. The Morgan fingerprint density at radius 2 is 1.82 bits per heavy atom. The third-order valence-electron chi connectivity index (χ3n) is 7.27. The van der Waals surface area contributed by atoms with Gasteiger partial charge in [0.25, 0.3) is 0 Å². The number of hydrogen-bond acceptors (Lipinski definition) is 4. The number of carbonyl (C=O) groups is 1. The highest BCUT2D eigenvalue weighted by molar-refractivity contribution is 5.91. The minimum Gasteiger partial charge on any atom is -0.497 e. The number of rotatable bonds is 4. The van der Waals surface area contributed by atoms with E-state index in [0.717, 1.165) is 19.4 Å². The van der Waals surface area contributed by atoms with Crippen molar-refractivity contribution in [3.63, 3.8) is 0 Å². The van der Waals surface area contributed by atoms with Crippen molar-refractivity contribution in [1.82, 2.24) is 9.47 Å². The molecule has 2 aromatic carbocycles. The number of amides is 2. The summed E-state index contributed by atoms with van der Waals surface area (Å²) in [6.45, 7) is 6.63. The second-order valence-corrected chi connectivity index (χ2v) is 9.01. The highest BCUT2D eigenvalue weighted by atomic mass is 16.5. The maximum atomic E-state index is 13.2. The first kappa shape index (κ1) is 22.2. The number of nitrogens with one attached hydrogen (secondary N) is 1. The molecule has 2 aliphatic heterocycles.